The van der Waals surface area contributed by atoms with Crippen LogP contribution in [-0.4, -0.2) is 21.9 Å². The fraction of sp³-hybridized carbons (Fsp3) is 0. The van der Waals surface area contributed by atoms with Gasteiger partial charge in [-0.2, -0.15) is 0 Å². The zero-order valence-corrected chi connectivity index (χ0v) is 6.05. The first-order chi connectivity index (χ1) is 1.00. The first-order valence-corrected chi connectivity index (χ1v) is 1.39. The molecule has 0 heterocycles. The monoisotopic (exact) mass is 155 g/mol. The minimum absolute atomic E-state index is 0. The molecule has 0 saturated heterocycles. The molecule has 0 saturated carbocycles. The summed E-state index contributed by atoms with van der Waals surface area (Å²) < 4.78 is 9.62. The van der Waals surface area contributed by atoms with Gasteiger partial charge in [-0.25, -0.2) is 0 Å². The summed E-state index contributed by atoms with van der Waals surface area (Å²) in [7, 11) is 0. The Bertz CT molecular complexity index is 7.51. The van der Waals surface area contributed by atoms with Crippen molar-refractivity contribution in [1.82, 2.24) is 0 Å². The van der Waals surface area contributed by atoms with Crippen molar-refractivity contribution in [2.75, 3.05) is 0 Å². The molecule has 6 heavy (non-hydrogen) atoms. The van der Waals surface area contributed by atoms with Gasteiger partial charge in [-0.1, -0.05) is 0 Å². The Morgan fingerprint density at radius 2 is 0.667 bits per heavy atom. The molecule has 0 unspecified atom stereocenters. The van der Waals surface area contributed by atoms with E-state index in [-0.39, 0.29) is 40.7 Å². The predicted octanol–water partition coefficient (Wildman–Crippen LogP) is -2.88. The Labute approximate surface area is 44.8 Å². The molecule has 0 aromatic heterocycles. The van der Waals surface area contributed by atoms with Crippen molar-refractivity contribution < 1.29 is 44.0 Å². The van der Waals surface area contributed by atoms with Crippen LogP contribution in [0.3, 0.4) is 0 Å². The predicted molar refractivity (Wildman–Crippen MR) is 15.6 cm³/mol. The van der Waals surface area contributed by atoms with Gasteiger partial charge in [-0.15, -0.1) is 0 Å². The van der Waals surface area contributed by atoms with E-state index >= 15 is 0 Å². The summed E-state index contributed by atoms with van der Waals surface area (Å²) >= 11 is -0.125. The third kappa shape index (κ3) is 327. The first-order valence-electron chi connectivity index (χ1n) is 0.267. The van der Waals surface area contributed by atoms with E-state index in [9.17, 15) is 3.32 Å². The zero-order chi connectivity index (χ0) is 2.00. The van der Waals surface area contributed by atoms with E-state index < -0.39 is 0 Å². The van der Waals surface area contributed by atoms with E-state index in [1.165, 1.54) is 0 Å². The number of halogens is 1. The second-order valence-corrected chi connectivity index (χ2v) is 0. The summed E-state index contributed by atoms with van der Waals surface area (Å²) in [6.45, 7) is 0. The molecule has 0 aliphatic carbocycles. The molecule has 8 N–H and O–H groups in total. The van der Waals surface area contributed by atoms with Crippen molar-refractivity contribution in [1.29, 1.82) is 0 Å². The van der Waals surface area contributed by atoms with E-state index in [1.807, 2.05) is 0 Å². The standard InChI is InChI=1S/FH.4H2O.Zn/h1H;4*1H2;/q;;;;;+1/p-1. The number of hydrogen-bond donors (Lipinski definition) is 0. The molecule has 0 fully saturated rings. The molecule has 0 atom stereocenters. The van der Waals surface area contributed by atoms with E-state index in [4.69, 9.17) is 0 Å². The summed E-state index contributed by atoms with van der Waals surface area (Å²) in [5.74, 6) is 0. The van der Waals surface area contributed by atoms with Gasteiger partial charge in [0.2, 0.25) is 0 Å². The maximum atomic E-state index is 9.62. The van der Waals surface area contributed by atoms with Crippen molar-refractivity contribution in [3.8, 4) is 0 Å². The third-order valence-corrected chi connectivity index (χ3v) is 0. The molecule has 6 heteroatoms. The van der Waals surface area contributed by atoms with Gasteiger partial charge in [0, 0.05) is 0 Å². The second-order valence-electron chi connectivity index (χ2n) is 0. The van der Waals surface area contributed by atoms with Crippen LogP contribution >= 0.6 is 0 Å². The van der Waals surface area contributed by atoms with Crippen molar-refractivity contribution in [3.63, 3.8) is 0 Å². The van der Waals surface area contributed by atoms with Gasteiger partial charge in [0.15, 0.2) is 0 Å². The fourth-order valence-electron chi connectivity index (χ4n) is 0. The van der Waals surface area contributed by atoms with Crippen LogP contribution in [0.1, 0.15) is 0 Å². The van der Waals surface area contributed by atoms with E-state index in [2.05, 4.69) is 0 Å². The summed E-state index contributed by atoms with van der Waals surface area (Å²) in [4.78, 5) is 0. The average Bonchev–Trinajstić information content (AvgIpc) is 1.00. The Hall–Kier alpha value is 0.393. The van der Waals surface area contributed by atoms with Crippen LogP contribution in [0.2, 0.25) is 0 Å². The summed E-state index contributed by atoms with van der Waals surface area (Å²) in [5, 5.41) is 0. The van der Waals surface area contributed by atoms with Gasteiger partial charge >= 0.3 is 22.1 Å². The molecule has 0 amide bonds. The van der Waals surface area contributed by atoms with E-state index in [1.54, 1.807) is 0 Å². The van der Waals surface area contributed by atoms with Gasteiger partial charge < -0.3 is 21.9 Å². The molecule has 0 rings (SSSR count). The van der Waals surface area contributed by atoms with Crippen LogP contribution in [0.15, 0.2) is 0 Å². The number of hydrogen-bond acceptors (Lipinski definition) is 0. The molecule has 0 aromatic carbocycles. The van der Waals surface area contributed by atoms with Crippen molar-refractivity contribution in [3.05, 3.63) is 0 Å². The molecule has 0 bridgehead atoms. The maximum absolute atomic E-state index is 9.62. The normalized spacial score (nSPS) is 1.17. The molecule has 41 valence electrons. The van der Waals surface area contributed by atoms with E-state index in [0.29, 0.717) is 0 Å². The van der Waals surface area contributed by atoms with Crippen LogP contribution in [-0.2, 0) is 18.8 Å². The molecular formula is H8FO4Zn. The molecule has 0 aromatic rings. The molecule has 0 radical (unpaired) electrons. The number of rotatable bonds is 0. The van der Waals surface area contributed by atoms with Gasteiger partial charge in [0.25, 0.3) is 0 Å². The molecular weight excluding hydrogens is 148 g/mol. The quantitative estimate of drug-likeness (QED) is 0.334. The minimum atomic E-state index is -0.125. The van der Waals surface area contributed by atoms with Crippen molar-refractivity contribution in [2.24, 2.45) is 0 Å². The SMILES string of the molecule is O.O.O.O.[F][Zn]. The van der Waals surface area contributed by atoms with Gasteiger partial charge in [0.05, 0.1) is 0 Å². The molecule has 0 aliphatic heterocycles. The summed E-state index contributed by atoms with van der Waals surface area (Å²) in [6, 6.07) is 0. The van der Waals surface area contributed by atoms with Crippen molar-refractivity contribution in [2.45, 2.75) is 0 Å². The van der Waals surface area contributed by atoms with Gasteiger partial charge in [0.1, 0.15) is 0 Å². The second kappa shape index (κ2) is 673. The third-order valence-electron chi connectivity index (χ3n) is 0. The Balaban J connectivity index is -0.000000000833. The summed E-state index contributed by atoms with van der Waals surface area (Å²) in [6.07, 6.45) is 0. The van der Waals surface area contributed by atoms with E-state index in [0.717, 1.165) is 0 Å². The molecule has 4 nitrogen and oxygen atoms in total. The molecule has 0 spiro atoms. The average molecular weight is 156 g/mol. The Morgan fingerprint density at radius 3 is 0.667 bits per heavy atom. The fourth-order valence-corrected chi connectivity index (χ4v) is 0. The topological polar surface area (TPSA) is 126 Å². The van der Waals surface area contributed by atoms with Crippen LogP contribution in [0, 0.1) is 0 Å². The van der Waals surface area contributed by atoms with Crippen LogP contribution in [0.5, 0.6) is 0 Å². The Morgan fingerprint density at radius 1 is 0.667 bits per heavy atom. The summed E-state index contributed by atoms with van der Waals surface area (Å²) in [5.41, 5.74) is 0. The van der Waals surface area contributed by atoms with Crippen molar-refractivity contribution >= 4 is 0 Å². The van der Waals surface area contributed by atoms with Gasteiger partial charge in [-0.05, 0) is 0 Å². The van der Waals surface area contributed by atoms with Crippen LogP contribution in [0.25, 0.3) is 0 Å². The first kappa shape index (κ1) is 95.8. The van der Waals surface area contributed by atoms with Gasteiger partial charge in [-0.3, -0.25) is 0 Å². The van der Waals surface area contributed by atoms with Crippen LogP contribution in [0.4, 0.5) is 3.32 Å². The van der Waals surface area contributed by atoms with Crippen LogP contribution < -0.4 is 0 Å². The zero-order valence-electron chi connectivity index (χ0n) is 3.09. The Kier molecular flexibility index (Phi) is 10700. The molecule has 0 aliphatic rings.